The van der Waals surface area contributed by atoms with E-state index in [0.717, 1.165) is 32.1 Å². The molecule has 1 fully saturated rings. The number of carbonyl (C=O) groups excluding carboxylic acids is 1. The second kappa shape index (κ2) is 9.89. The van der Waals surface area contributed by atoms with E-state index in [0.29, 0.717) is 24.7 Å². The van der Waals surface area contributed by atoms with Crippen LogP contribution in [0.2, 0.25) is 0 Å². The van der Waals surface area contributed by atoms with Crippen LogP contribution >= 0.6 is 11.8 Å². The average molecular weight is 424 g/mol. The average Bonchev–Trinajstić information content (AvgIpc) is 3.25. The number of carbonyl (C=O) groups is 1. The third-order valence-electron chi connectivity index (χ3n) is 5.21. The molecular weight excluding hydrogens is 394 g/mol. The minimum Gasteiger partial charge on any atom is -0.355 e. The van der Waals surface area contributed by atoms with Crippen molar-refractivity contribution in [2.24, 2.45) is 0 Å². The van der Waals surface area contributed by atoms with Gasteiger partial charge in [-0.05, 0) is 64.0 Å². The van der Waals surface area contributed by atoms with Crippen molar-refractivity contribution in [1.29, 1.82) is 0 Å². The zero-order valence-electron chi connectivity index (χ0n) is 16.4. The van der Waals surface area contributed by atoms with E-state index >= 15 is 0 Å². The molecule has 1 aliphatic heterocycles. The molecule has 1 saturated heterocycles. The van der Waals surface area contributed by atoms with Crippen molar-refractivity contribution in [2.45, 2.75) is 67.0 Å². The SMILES string of the molecule is C[C@@H](Sc1ccc(S(=O)(=O)N2CCCC2)cn1)C(=O)NCCC1=CCCCC1. The van der Waals surface area contributed by atoms with Gasteiger partial charge in [-0.1, -0.05) is 23.4 Å². The van der Waals surface area contributed by atoms with Gasteiger partial charge < -0.3 is 5.32 Å². The second-order valence-corrected chi connectivity index (χ2v) is 10.7. The van der Waals surface area contributed by atoms with Crippen LogP contribution in [0.5, 0.6) is 0 Å². The molecule has 28 heavy (non-hydrogen) atoms. The molecule has 1 amide bonds. The first kappa shape index (κ1) is 21.3. The van der Waals surface area contributed by atoms with Crippen molar-refractivity contribution >= 4 is 27.7 Å². The van der Waals surface area contributed by atoms with Crippen LogP contribution in [-0.4, -0.2) is 48.5 Å². The molecule has 154 valence electrons. The van der Waals surface area contributed by atoms with Crippen molar-refractivity contribution in [3.63, 3.8) is 0 Å². The maximum Gasteiger partial charge on any atom is 0.244 e. The molecule has 8 heteroatoms. The van der Waals surface area contributed by atoms with Crippen LogP contribution in [0, 0.1) is 0 Å². The van der Waals surface area contributed by atoms with Crippen molar-refractivity contribution in [2.75, 3.05) is 19.6 Å². The number of sulfonamides is 1. The van der Waals surface area contributed by atoms with Crippen molar-refractivity contribution in [1.82, 2.24) is 14.6 Å². The molecule has 2 aliphatic rings. The van der Waals surface area contributed by atoms with Crippen LogP contribution in [0.1, 0.15) is 51.9 Å². The van der Waals surface area contributed by atoms with Gasteiger partial charge in [0.15, 0.2) is 0 Å². The highest BCUT2D eigenvalue weighted by molar-refractivity contribution is 8.00. The molecular formula is C20H29N3O3S2. The third-order valence-corrected chi connectivity index (χ3v) is 8.14. The second-order valence-electron chi connectivity index (χ2n) is 7.35. The molecule has 3 rings (SSSR count). The first-order valence-electron chi connectivity index (χ1n) is 10.1. The fourth-order valence-corrected chi connectivity index (χ4v) is 5.80. The predicted octanol–water partition coefficient (Wildman–Crippen LogP) is 3.35. The van der Waals surface area contributed by atoms with Crippen LogP contribution < -0.4 is 5.32 Å². The van der Waals surface area contributed by atoms with Gasteiger partial charge in [-0.25, -0.2) is 13.4 Å². The normalized spacial score (nSPS) is 19.2. The summed E-state index contributed by atoms with van der Waals surface area (Å²) in [6.07, 6.45) is 11.3. The summed E-state index contributed by atoms with van der Waals surface area (Å²) < 4.78 is 26.6. The Morgan fingerprint density at radius 3 is 2.68 bits per heavy atom. The highest BCUT2D eigenvalue weighted by Crippen LogP contribution is 2.25. The van der Waals surface area contributed by atoms with E-state index in [1.54, 1.807) is 12.1 Å². The number of amides is 1. The minimum atomic E-state index is -3.45. The quantitative estimate of drug-likeness (QED) is 0.512. The lowest BCUT2D eigenvalue weighted by molar-refractivity contribution is -0.120. The van der Waals surface area contributed by atoms with E-state index in [-0.39, 0.29) is 16.1 Å². The summed E-state index contributed by atoms with van der Waals surface area (Å²) in [4.78, 5) is 16.8. The molecule has 1 N–H and O–H groups in total. The largest absolute Gasteiger partial charge is 0.355 e. The Balaban J connectivity index is 1.48. The van der Waals surface area contributed by atoms with Gasteiger partial charge in [-0.2, -0.15) is 4.31 Å². The van der Waals surface area contributed by atoms with Gasteiger partial charge in [0.05, 0.1) is 10.3 Å². The number of allylic oxidation sites excluding steroid dienone is 1. The van der Waals surface area contributed by atoms with Gasteiger partial charge in [0, 0.05) is 25.8 Å². The highest BCUT2D eigenvalue weighted by atomic mass is 32.2. The number of thioether (sulfide) groups is 1. The number of nitrogens with zero attached hydrogens (tertiary/aromatic N) is 2. The summed E-state index contributed by atoms with van der Waals surface area (Å²) in [5.41, 5.74) is 1.45. The first-order chi connectivity index (χ1) is 13.5. The maximum absolute atomic E-state index is 12.5. The van der Waals surface area contributed by atoms with Gasteiger partial charge in [-0.15, -0.1) is 0 Å². The highest BCUT2D eigenvalue weighted by Gasteiger charge is 2.27. The summed E-state index contributed by atoms with van der Waals surface area (Å²) in [7, 11) is -3.45. The summed E-state index contributed by atoms with van der Waals surface area (Å²) in [6.45, 7) is 3.66. The van der Waals surface area contributed by atoms with Crippen LogP contribution in [-0.2, 0) is 14.8 Å². The fraction of sp³-hybridized carbons (Fsp3) is 0.600. The van der Waals surface area contributed by atoms with E-state index in [1.807, 2.05) is 6.92 Å². The van der Waals surface area contributed by atoms with Crippen LogP contribution in [0.3, 0.4) is 0 Å². The molecule has 0 saturated carbocycles. The summed E-state index contributed by atoms with van der Waals surface area (Å²) in [5.74, 6) is -0.0167. The summed E-state index contributed by atoms with van der Waals surface area (Å²) in [5, 5.41) is 3.36. The van der Waals surface area contributed by atoms with Crippen LogP contribution in [0.15, 0.2) is 39.9 Å². The molecule has 1 aliphatic carbocycles. The van der Waals surface area contributed by atoms with Gasteiger partial charge in [0.2, 0.25) is 15.9 Å². The van der Waals surface area contributed by atoms with E-state index in [2.05, 4.69) is 16.4 Å². The Bertz CT molecular complexity index is 800. The van der Waals surface area contributed by atoms with Crippen molar-refractivity contribution in [3.8, 4) is 0 Å². The Morgan fingerprint density at radius 2 is 2.04 bits per heavy atom. The molecule has 1 aromatic rings. The predicted molar refractivity (Wildman–Crippen MR) is 112 cm³/mol. The molecule has 1 aromatic heterocycles. The lowest BCUT2D eigenvalue weighted by Crippen LogP contribution is -2.32. The lowest BCUT2D eigenvalue weighted by atomic mass is 9.97. The zero-order chi connectivity index (χ0) is 20.0. The van der Waals surface area contributed by atoms with E-state index in [1.165, 1.54) is 40.7 Å². The molecule has 0 spiro atoms. The van der Waals surface area contributed by atoms with Crippen LogP contribution in [0.4, 0.5) is 0 Å². The molecule has 1 atom stereocenters. The first-order valence-corrected chi connectivity index (χ1v) is 12.4. The zero-order valence-corrected chi connectivity index (χ0v) is 18.0. The number of rotatable bonds is 8. The summed E-state index contributed by atoms with van der Waals surface area (Å²) in [6, 6.07) is 3.27. The van der Waals surface area contributed by atoms with Crippen molar-refractivity contribution < 1.29 is 13.2 Å². The van der Waals surface area contributed by atoms with Gasteiger partial charge in [0.25, 0.3) is 0 Å². The minimum absolute atomic E-state index is 0.0167. The number of hydrogen-bond donors (Lipinski definition) is 1. The van der Waals surface area contributed by atoms with Gasteiger partial charge in [0.1, 0.15) is 4.90 Å². The summed E-state index contributed by atoms with van der Waals surface area (Å²) >= 11 is 1.34. The lowest BCUT2D eigenvalue weighted by Gasteiger charge is -2.16. The molecule has 0 aromatic carbocycles. The Labute approximate surface area is 172 Å². The Kier molecular flexibility index (Phi) is 7.54. The molecule has 2 heterocycles. The maximum atomic E-state index is 12.5. The topological polar surface area (TPSA) is 79.4 Å². The number of aromatic nitrogens is 1. The number of hydrogen-bond acceptors (Lipinski definition) is 5. The molecule has 0 bridgehead atoms. The molecule has 0 unspecified atom stereocenters. The number of nitrogens with one attached hydrogen (secondary N) is 1. The van der Waals surface area contributed by atoms with Gasteiger partial charge in [-0.3, -0.25) is 4.79 Å². The van der Waals surface area contributed by atoms with Crippen molar-refractivity contribution in [3.05, 3.63) is 30.0 Å². The fourth-order valence-electron chi connectivity index (χ4n) is 3.52. The Morgan fingerprint density at radius 1 is 1.25 bits per heavy atom. The van der Waals surface area contributed by atoms with E-state index < -0.39 is 10.0 Å². The number of pyridine rings is 1. The smallest absolute Gasteiger partial charge is 0.244 e. The van der Waals surface area contributed by atoms with Gasteiger partial charge >= 0.3 is 0 Å². The Hall–Kier alpha value is -1.38. The van der Waals surface area contributed by atoms with E-state index in [9.17, 15) is 13.2 Å². The standard InChI is InChI=1S/C20H29N3O3S2/c1-16(20(24)21-12-11-17-7-3-2-4-8-17)27-19-10-9-18(15-22-19)28(25,26)23-13-5-6-14-23/h7,9-10,15-16H,2-6,8,11-14H2,1H3,(H,21,24)/t16-/m1/s1. The monoisotopic (exact) mass is 423 g/mol. The molecule has 6 nitrogen and oxygen atoms in total. The van der Waals surface area contributed by atoms with Crippen LogP contribution in [0.25, 0.3) is 0 Å². The van der Waals surface area contributed by atoms with E-state index in [4.69, 9.17) is 0 Å². The molecule has 0 radical (unpaired) electrons. The third kappa shape index (κ3) is 5.58.